The lowest BCUT2D eigenvalue weighted by molar-refractivity contribution is -0.144. The molecule has 0 N–H and O–H groups in total. The first-order chi connectivity index (χ1) is 19.9. The molecule has 41 heavy (non-hydrogen) atoms. The van der Waals surface area contributed by atoms with E-state index in [-0.39, 0.29) is 23.9 Å². The fourth-order valence-electron chi connectivity index (χ4n) is 5.97. The number of methoxy groups -OCH3 is 2. The van der Waals surface area contributed by atoms with Crippen LogP contribution in [0, 0.1) is 5.92 Å². The van der Waals surface area contributed by atoms with Crippen LogP contribution in [-0.2, 0) is 19.1 Å². The highest BCUT2D eigenvalue weighted by Gasteiger charge is 2.34. The monoisotopic (exact) mass is 580 g/mol. The number of aromatic nitrogens is 1. The molecule has 0 spiro atoms. The molecule has 2 aliphatic rings. The zero-order valence-corrected chi connectivity index (χ0v) is 24.6. The number of rotatable bonds is 9. The van der Waals surface area contributed by atoms with Crippen molar-refractivity contribution >= 4 is 23.5 Å². The molecule has 0 saturated carbocycles. The largest absolute Gasteiger partial charge is 0.493 e. The van der Waals surface area contributed by atoms with E-state index >= 15 is 0 Å². The fourth-order valence-corrected chi connectivity index (χ4v) is 6.15. The van der Waals surface area contributed by atoms with Crippen molar-refractivity contribution in [3.8, 4) is 17.2 Å². The van der Waals surface area contributed by atoms with Crippen molar-refractivity contribution < 1.29 is 28.5 Å². The molecule has 0 unspecified atom stereocenters. The second-order valence-electron chi connectivity index (χ2n) is 10.5. The van der Waals surface area contributed by atoms with Crippen LogP contribution in [0.2, 0.25) is 5.02 Å². The van der Waals surface area contributed by atoms with Gasteiger partial charge in [-0.1, -0.05) is 23.7 Å². The summed E-state index contributed by atoms with van der Waals surface area (Å²) < 4.78 is 25.5. The lowest BCUT2D eigenvalue weighted by atomic mass is 9.93. The lowest BCUT2D eigenvalue weighted by Crippen LogP contribution is -2.39. The van der Waals surface area contributed by atoms with E-state index in [9.17, 15) is 9.59 Å². The van der Waals surface area contributed by atoms with Gasteiger partial charge in [0.15, 0.2) is 11.5 Å². The number of likely N-dealkylation sites (tertiary alicyclic amines) is 1. The van der Waals surface area contributed by atoms with Crippen LogP contribution in [-0.4, -0.2) is 55.3 Å². The van der Waals surface area contributed by atoms with Gasteiger partial charge in [0.05, 0.1) is 38.3 Å². The first-order valence-electron chi connectivity index (χ1n) is 14.2. The summed E-state index contributed by atoms with van der Waals surface area (Å²) in [5.74, 6) is 1.41. The predicted molar refractivity (Wildman–Crippen MR) is 156 cm³/mol. The van der Waals surface area contributed by atoms with Gasteiger partial charge in [-0.2, -0.15) is 0 Å². The zero-order chi connectivity index (χ0) is 28.9. The molecule has 0 aliphatic carbocycles. The van der Waals surface area contributed by atoms with Crippen LogP contribution in [0.25, 0.3) is 5.69 Å². The van der Waals surface area contributed by atoms with E-state index in [0.29, 0.717) is 55.5 Å². The van der Waals surface area contributed by atoms with Crippen LogP contribution in [0.1, 0.15) is 68.1 Å². The van der Waals surface area contributed by atoms with E-state index in [0.717, 1.165) is 35.3 Å². The minimum atomic E-state index is -0.507. The minimum absolute atomic E-state index is 0.0987. The number of fused-ring (bicyclic) bond motifs is 3. The quantitative estimate of drug-likeness (QED) is 0.277. The number of piperidine rings is 1. The van der Waals surface area contributed by atoms with Crippen molar-refractivity contribution in [1.82, 2.24) is 9.47 Å². The maximum Gasteiger partial charge on any atom is 0.306 e. The Balaban J connectivity index is 1.37. The summed E-state index contributed by atoms with van der Waals surface area (Å²) in [5.41, 5.74) is 3.65. The first-order valence-corrected chi connectivity index (χ1v) is 14.6. The molecule has 0 bridgehead atoms. The molecule has 5 rings (SSSR count). The molecular weight excluding hydrogens is 544 g/mol. The van der Waals surface area contributed by atoms with E-state index in [2.05, 4.69) is 4.57 Å². The Morgan fingerprint density at radius 3 is 2.56 bits per heavy atom. The number of amides is 1. The van der Waals surface area contributed by atoms with Crippen LogP contribution in [0.3, 0.4) is 0 Å². The van der Waals surface area contributed by atoms with Crippen molar-refractivity contribution in [2.24, 2.45) is 5.92 Å². The Morgan fingerprint density at radius 2 is 1.83 bits per heavy atom. The summed E-state index contributed by atoms with van der Waals surface area (Å²) in [4.78, 5) is 27.1. The van der Waals surface area contributed by atoms with Crippen molar-refractivity contribution in [2.45, 2.75) is 51.2 Å². The molecule has 2 aromatic carbocycles. The molecule has 2 aliphatic heterocycles. The number of para-hydroxylation sites is 1. The second kappa shape index (κ2) is 13.0. The molecular formula is C32H37ClN2O6. The Kier molecular flexibility index (Phi) is 9.20. The maximum atomic E-state index is 13.3. The first kappa shape index (κ1) is 29.0. The number of benzene rings is 2. The van der Waals surface area contributed by atoms with Gasteiger partial charge < -0.3 is 28.4 Å². The van der Waals surface area contributed by atoms with Crippen LogP contribution >= 0.6 is 11.6 Å². The van der Waals surface area contributed by atoms with Gasteiger partial charge >= 0.3 is 5.97 Å². The zero-order valence-electron chi connectivity index (χ0n) is 23.8. The van der Waals surface area contributed by atoms with E-state index < -0.39 is 6.10 Å². The van der Waals surface area contributed by atoms with E-state index in [1.807, 2.05) is 66.6 Å². The molecule has 9 heteroatoms. The highest BCUT2D eigenvalue weighted by molar-refractivity contribution is 6.30. The summed E-state index contributed by atoms with van der Waals surface area (Å²) in [6, 6.07) is 15.6. The van der Waals surface area contributed by atoms with Crippen LogP contribution < -0.4 is 9.47 Å². The van der Waals surface area contributed by atoms with Gasteiger partial charge in [-0.25, -0.2) is 0 Å². The molecule has 1 saturated heterocycles. The normalized spacial score (nSPS) is 18.7. The van der Waals surface area contributed by atoms with Gasteiger partial charge in [0.1, 0.15) is 6.10 Å². The van der Waals surface area contributed by atoms with Gasteiger partial charge in [-0.15, -0.1) is 0 Å². The number of carbonyl (C=O) groups is 2. The van der Waals surface area contributed by atoms with E-state index in [4.69, 9.17) is 30.5 Å². The summed E-state index contributed by atoms with van der Waals surface area (Å²) in [6.45, 7) is 3.51. The van der Waals surface area contributed by atoms with Crippen molar-refractivity contribution in [3.63, 3.8) is 0 Å². The number of carbonyl (C=O) groups excluding carboxylic acids is 2. The van der Waals surface area contributed by atoms with Gasteiger partial charge in [-0.3, -0.25) is 9.59 Å². The second-order valence-corrected chi connectivity index (χ2v) is 10.9. The Bertz CT molecular complexity index is 1380. The summed E-state index contributed by atoms with van der Waals surface area (Å²) >= 11 is 6.50. The molecule has 3 heterocycles. The van der Waals surface area contributed by atoms with Gasteiger partial charge in [0.2, 0.25) is 5.91 Å². The number of hydrogen-bond donors (Lipinski definition) is 0. The third kappa shape index (κ3) is 6.23. The smallest absolute Gasteiger partial charge is 0.306 e. The van der Waals surface area contributed by atoms with E-state index in [1.54, 1.807) is 14.2 Å². The SMILES string of the molecule is CCOC(=O)CC1CCN(C(=O)CC[C@H]2O[C@H](c3cccc(OC)c3OC)c3cc(Cl)ccc3-n3cccc32)CC1. The molecule has 8 nitrogen and oxygen atoms in total. The molecule has 2 atom stereocenters. The average Bonchev–Trinajstić information content (AvgIpc) is 3.42. The maximum absolute atomic E-state index is 13.3. The Morgan fingerprint density at radius 1 is 1.02 bits per heavy atom. The molecule has 1 amide bonds. The number of halogens is 1. The number of esters is 1. The highest BCUT2D eigenvalue weighted by atomic mass is 35.5. The van der Waals surface area contributed by atoms with E-state index in [1.165, 1.54) is 0 Å². The lowest BCUT2D eigenvalue weighted by Gasteiger charge is -2.32. The minimum Gasteiger partial charge on any atom is -0.493 e. The molecule has 0 radical (unpaired) electrons. The Hall–Kier alpha value is -3.49. The van der Waals surface area contributed by atoms with Crippen LogP contribution in [0.15, 0.2) is 54.7 Å². The molecule has 3 aromatic rings. The summed E-state index contributed by atoms with van der Waals surface area (Å²) in [7, 11) is 3.23. The van der Waals surface area contributed by atoms with Gasteiger partial charge in [-0.05, 0) is 68.5 Å². The third-order valence-corrected chi connectivity index (χ3v) is 8.24. The van der Waals surface area contributed by atoms with Gasteiger partial charge in [0, 0.05) is 48.3 Å². The van der Waals surface area contributed by atoms with Crippen LogP contribution in [0.4, 0.5) is 0 Å². The summed E-state index contributed by atoms with van der Waals surface area (Å²) in [6.07, 6.45) is 4.03. The average molecular weight is 581 g/mol. The number of ether oxygens (including phenoxy) is 4. The standard InChI is InChI=1S/C32H37ClN2O6/c1-4-40-30(37)19-21-14-17-34(18-15-21)29(36)13-12-27-26-8-6-16-35(26)25-11-10-22(33)20-24(25)31(41-27)23-7-5-9-28(38-2)32(23)39-3/h5-11,16,20-21,27,31H,4,12-15,17-19H2,1-3H3/t27-,31-/m1/s1. The number of hydrogen-bond acceptors (Lipinski definition) is 6. The molecule has 1 aromatic heterocycles. The van der Waals surface area contributed by atoms with Crippen molar-refractivity contribution in [2.75, 3.05) is 33.9 Å². The van der Waals surface area contributed by atoms with Crippen molar-refractivity contribution in [1.29, 1.82) is 0 Å². The highest BCUT2D eigenvalue weighted by Crippen LogP contribution is 2.46. The molecule has 218 valence electrons. The fraction of sp³-hybridized carbons (Fsp3) is 0.438. The van der Waals surface area contributed by atoms with Crippen LogP contribution in [0.5, 0.6) is 11.5 Å². The third-order valence-electron chi connectivity index (χ3n) is 8.01. The number of nitrogens with zero attached hydrogens (tertiary/aromatic N) is 2. The summed E-state index contributed by atoms with van der Waals surface area (Å²) in [5, 5.41) is 0.605. The van der Waals surface area contributed by atoms with Gasteiger partial charge in [0.25, 0.3) is 0 Å². The Labute approximate surface area is 246 Å². The van der Waals surface area contributed by atoms with Crippen molar-refractivity contribution in [3.05, 3.63) is 76.6 Å². The molecule has 1 fully saturated rings. The predicted octanol–water partition coefficient (Wildman–Crippen LogP) is 6.28. The topological polar surface area (TPSA) is 79.2 Å².